The van der Waals surface area contributed by atoms with Gasteiger partial charge in [0.05, 0.1) is 57.4 Å². The molecule has 0 saturated carbocycles. The fraction of sp³-hybridized carbons (Fsp3) is 0.217. The molecule has 1 unspecified atom stereocenters. The Labute approximate surface area is 194 Å². The topological polar surface area (TPSA) is 86.8 Å². The lowest BCUT2D eigenvalue weighted by atomic mass is 9.98. The summed E-state index contributed by atoms with van der Waals surface area (Å²) in [6.45, 7) is 0.535. The van der Waals surface area contributed by atoms with Crippen LogP contribution >= 0.6 is 11.6 Å². The first kappa shape index (κ1) is 19.8. The highest BCUT2D eigenvalue weighted by Crippen LogP contribution is 2.35. The summed E-state index contributed by atoms with van der Waals surface area (Å²) >= 11 is 6.39. The normalized spacial score (nSPS) is 15.8. The van der Waals surface area contributed by atoms with Gasteiger partial charge in [-0.2, -0.15) is 10.2 Å². The number of carbonyl (C=O) groups is 1. The van der Waals surface area contributed by atoms with E-state index in [0.29, 0.717) is 23.6 Å². The number of halogens is 1. The number of hydrogen-bond donors (Lipinski definition) is 1. The van der Waals surface area contributed by atoms with E-state index < -0.39 is 6.04 Å². The second kappa shape index (κ2) is 7.35. The molecule has 1 aliphatic rings. The van der Waals surface area contributed by atoms with Gasteiger partial charge in [-0.1, -0.05) is 11.6 Å². The van der Waals surface area contributed by atoms with E-state index in [1.54, 1.807) is 21.6 Å². The van der Waals surface area contributed by atoms with Gasteiger partial charge in [0, 0.05) is 39.0 Å². The SMILES string of the molecule is CN(C)c1ccc2c(C(=O)N3CCc4[nH]cnc4C3c3cc4c(Cl)cccn4n3)cnn2c1. The third-order valence-corrected chi connectivity index (χ3v) is 6.50. The van der Waals surface area contributed by atoms with Gasteiger partial charge >= 0.3 is 0 Å². The summed E-state index contributed by atoms with van der Waals surface area (Å²) in [5.74, 6) is -0.107. The zero-order chi connectivity index (χ0) is 22.7. The molecule has 0 radical (unpaired) electrons. The fourth-order valence-electron chi connectivity index (χ4n) is 4.49. The van der Waals surface area contributed by atoms with Crippen molar-refractivity contribution in [1.29, 1.82) is 0 Å². The molecule has 33 heavy (non-hydrogen) atoms. The third-order valence-electron chi connectivity index (χ3n) is 6.18. The average molecular weight is 461 g/mol. The van der Waals surface area contributed by atoms with E-state index in [0.717, 1.165) is 33.8 Å². The Hall–Kier alpha value is -3.85. The Morgan fingerprint density at radius 1 is 1.21 bits per heavy atom. The van der Waals surface area contributed by atoms with Crippen molar-refractivity contribution in [3.05, 3.63) is 82.9 Å². The highest BCUT2D eigenvalue weighted by molar-refractivity contribution is 6.33. The van der Waals surface area contributed by atoms with Gasteiger partial charge in [0.2, 0.25) is 0 Å². The molecule has 5 aromatic heterocycles. The molecule has 1 amide bonds. The van der Waals surface area contributed by atoms with Crippen molar-refractivity contribution in [1.82, 2.24) is 34.1 Å². The van der Waals surface area contributed by atoms with Crippen molar-refractivity contribution >= 4 is 34.2 Å². The lowest BCUT2D eigenvalue weighted by Crippen LogP contribution is -2.41. The molecular formula is C23H21ClN8O. The first-order valence-electron chi connectivity index (χ1n) is 10.6. The number of carbonyl (C=O) groups excluding carboxylic acids is 1. The highest BCUT2D eigenvalue weighted by Gasteiger charge is 2.37. The number of aromatic nitrogens is 6. The second-order valence-electron chi connectivity index (χ2n) is 8.34. The largest absolute Gasteiger partial charge is 0.376 e. The Balaban J connectivity index is 1.46. The minimum atomic E-state index is -0.431. The van der Waals surface area contributed by atoms with E-state index in [9.17, 15) is 4.79 Å². The smallest absolute Gasteiger partial charge is 0.258 e. The van der Waals surface area contributed by atoms with Crippen molar-refractivity contribution in [2.45, 2.75) is 12.5 Å². The first-order chi connectivity index (χ1) is 16.0. The van der Waals surface area contributed by atoms with Crippen molar-refractivity contribution in [2.24, 2.45) is 0 Å². The van der Waals surface area contributed by atoms with Gasteiger partial charge in [-0.05, 0) is 30.3 Å². The van der Waals surface area contributed by atoms with Crippen LogP contribution in [0, 0.1) is 0 Å². The second-order valence-corrected chi connectivity index (χ2v) is 8.75. The van der Waals surface area contributed by atoms with Crippen LogP contribution in [0.3, 0.4) is 0 Å². The van der Waals surface area contributed by atoms with Gasteiger partial charge in [-0.3, -0.25) is 4.79 Å². The molecule has 9 nitrogen and oxygen atoms in total. The lowest BCUT2D eigenvalue weighted by Gasteiger charge is -2.33. The molecule has 1 atom stereocenters. The molecule has 166 valence electrons. The lowest BCUT2D eigenvalue weighted by molar-refractivity contribution is 0.0689. The molecule has 6 heterocycles. The number of amides is 1. The van der Waals surface area contributed by atoms with E-state index in [1.807, 2.05) is 66.6 Å². The summed E-state index contributed by atoms with van der Waals surface area (Å²) in [4.78, 5) is 25.4. The van der Waals surface area contributed by atoms with Crippen molar-refractivity contribution in [2.75, 3.05) is 25.5 Å². The molecule has 0 fully saturated rings. The Kier molecular flexibility index (Phi) is 4.41. The highest BCUT2D eigenvalue weighted by atomic mass is 35.5. The molecule has 0 aliphatic carbocycles. The van der Waals surface area contributed by atoms with Gasteiger partial charge in [0.15, 0.2) is 0 Å². The van der Waals surface area contributed by atoms with Crippen LogP contribution in [0.15, 0.2) is 55.2 Å². The molecule has 0 saturated heterocycles. The first-order valence-corrected chi connectivity index (χ1v) is 11.0. The standard InChI is InChI=1S/C23H21ClN8O/c1-29(2)14-5-6-19-15(11-27-32(19)12-14)23(33)30-9-7-17-21(26-13-25-17)22(30)18-10-20-16(24)4-3-8-31(20)28-18/h3-6,8,10-13,22H,7,9H2,1-2H3,(H,25,26). The molecule has 10 heteroatoms. The van der Waals surface area contributed by atoms with E-state index in [4.69, 9.17) is 16.7 Å². The number of pyridine rings is 2. The number of rotatable bonds is 3. The maximum atomic E-state index is 13.9. The molecule has 1 N–H and O–H groups in total. The Morgan fingerprint density at radius 3 is 2.91 bits per heavy atom. The van der Waals surface area contributed by atoms with Crippen LogP contribution in [0.25, 0.3) is 11.0 Å². The van der Waals surface area contributed by atoms with Gasteiger partial charge in [-0.15, -0.1) is 0 Å². The number of fused-ring (bicyclic) bond motifs is 3. The summed E-state index contributed by atoms with van der Waals surface area (Å²) in [5.41, 5.74) is 5.64. The van der Waals surface area contributed by atoms with E-state index in [2.05, 4.69) is 15.1 Å². The van der Waals surface area contributed by atoms with E-state index in [1.165, 1.54) is 0 Å². The van der Waals surface area contributed by atoms with Gasteiger partial charge < -0.3 is 14.8 Å². The molecular weight excluding hydrogens is 440 g/mol. The minimum absolute atomic E-state index is 0.107. The van der Waals surface area contributed by atoms with Crippen molar-refractivity contribution in [3.63, 3.8) is 0 Å². The van der Waals surface area contributed by atoms with Gasteiger partial charge in [0.25, 0.3) is 5.91 Å². The van der Waals surface area contributed by atoms with Crippen LogP contribution in [-0.2, 0) is 6.42 Å². The van der Waals surface area contributed by atoms with Crippen LogP contribution in [0.1, 0.15) is 33.5 Å². The third kappa shape index (κ3) is 3.07. The summed E-state index contributed by atoms with van der Waals surface area (Å²) in [5, 5.41) is 9.78. The predicted molar refractivity (Wildman–Crippen MR) is 125 cm³/mol. The van der Waals surface area contributed by atoms with E-state index >= 15 is 0 Å². The molecule has 0 aromatic carbocycles. The summed E-state index contributed by atoms with van der Waals surface area (Å²) in [6.07, 6.45) is 7.76. The molecule has 6 rings (SSSR count). The summed E-state index contributed by atoms with van der Waals surface area (Å²) in [6, 6.07) is 9.08. The van der Waals surface area contributed by atoms with Crippen LogP contribution in [0.4, 0.5) is 5.69 Å². The van der Waals surface area contributed by atoms with Crippen LogP contribution < -0.4 is 4.90 Å². The maximum Gasteiger partial charge on any atom is 0.258 e. The number of nitrogens with zero attached hydrogens (tertiary/aromatic N) is 7. The van der Waals surface area contributed by atoms with Gasteiger partial charge in [-0.25, -0.2) is 14.0 Å². The zero-order valence-corrected chi connectivity index (χ0v) is 18.9. The number of H-pyrrole nitrogens is 1. The number of aromatic amines is 1. The summed E-state index contributed by atoms with van der Waals surface area (Å²) in [7, 11) is 3.94. The molecule has 5 aromatic rings. The van der Waals surface area contributed by atoms with Crippen molar-refractivity contribution in [3.8, 4) is 0 Å². The monoisotopic (exact) mass is 460 g/mol. The minimum Gasteiger partial charge on any atom is -0.376 e. The number of anilines is 1. The fourth-order valence-corrected chi connectivity index (χ4v) is 4.70. The molecule has 0 spiro atoms. The Morgan fingerprint density at radius 2 is 2.09 bits per heavy atom. The number of imidazole rings is 1. The van der Waals surface area contributed by atoms with Crippen LogP contribution in [0.2, 0.25) is 5.02 Å². The van der Waals surface area contributed by atoms with Crippen molar-refractivity contribution < 1.29 is 4.79 Å². The molecule has 0 bridgehead atoms. The predicted octanol–water partition coefficient (Wildman–Crippen LogP) is 3.21. The number of nitrogens with one attached hydrogen (secondary N) is 1. The summed E-state index contributed by atoms with van der Waals surface area (Å²) < 4.78 is 3.48. The van der Waals surface area contributed by atoms with Crippen LogP contribution in [-0.4, -0.2) is 60.6 Å². The Bertz CT molecular complexity index is 1510. The quantitative estimate of drug-likeness (QED) is 0.446. The number of hydrogen-bond acceptors (Lipinski definition) is 5. The van der Waals surface area contributed by atoms with E-state index in [-0.39, 0.29) is 5.91 Å². The van der Waals surface area contributed by atoms with Crippen LogP contribution in [0.5, 0.6) is 0 Å². The average Bonchev–Trinajstić information content (AvgIpc) is 3.55. The zero-order valence-electron chi connectivity index (χ0n) is 18.1. The maximum absolute atomic E-state index is 13.9. The molecule has 1 aliphatic heterocycles. The van der Waals surface area contributed by atoms with Gasteiger partial charge in [0.1, 0.15) is 6.04 Å².